The van der Waals surface area contributed by atoms with E-state index in [1.807, 2.05) is 24.3 Å². The molecule has 0 heterocycles. The van der Waals surface area contributed by atoms with Gasteiger partial charge < -0.3 is 15.2 Å². The van der Waals surface area contributed by atoms with Crippen molar-refractivity contribution in [1.82, 2.24) is 0 Å². The number of halogens is 1. The van der Waals surface area contributed by atoms with Gasteiger partial charge in [-0.1, -0.05) is 40.2 Å². The van der Waals surface area contributed by atoms with Crippen molar-refractivity contribution in [3.05, 3.63) is 57.6 Å². The van der Waals surface area contributed by atoms with Crippen molar-refractivity contribution in [2.45, 2.75) is 19.4 Å². The molecule has 0 bridgehead atoms. The molecule has 0 aromatic heterocycles. The highest BCUT2D eigenvalue weighted by molar-refractivity contribution is 9.10. The normalized spacial score (nSPS) is 12.0. The molecule has 2 aromatic carbocycles. The van der Waals surface area contributed by atoms with Gasteiger partial charge in [-0.2, -0.15) is 0 Å². The van der Waals surface area contributed by atoms with Gasteiger partial charge in [-0.25, -0.2) is 0 Å². The summed E-state index contributed by atoms with van der Waals surface area (Å²) in [6.07, 6.45) is 0.779. The van der Waals surface area contributed by atoms with Crippen LogP contribution in [0.2, 0.25) is 0 Å². The van der Waals surface area contributed by atoms with Crippen molar-refractivity contribution in [1.29, 1.82) is 0 Å². The quantitative estimate of drug-likeness (QED) is 0.886. The van der Waals surface area contributed by atoms with Gasteiger partial charge in [-0.3, -0.25) is 0 Å². The van der Waals surface area contributed by atoms with Crippen molar-refractivity contribution in [2.24, 2.45) is 5.73 Å². The molecule has 0 fully saturated rings. The molecule has 0 radical (unpaired) electrons. The lowest BCUT2D eigenvalue weighted by Crippen LogP contribution is -2.15. The summed E-state index contributed by atoms with van der Waals surface area (Å²) in [7, 11) is 3.25. The van der Waals surface area contributed by atoms with E-state index in [9.17, 15) is 0 Å². The highest BCUT2D eigenvalue weighted by Crippen LogP contribution is 2.36. The minimum Gasteiger partial charge on any atom is -0.493 e. The molecule has 21 heavy (non-hydrogen) atoms. The molecule has 1 atom stereocenters. The fourth-order valence-electron chi connectivity index (χ4n) is 2.34. The van der Waals surface area contributed by atoms with Gasteiger partial charge in [0.05, 0.1) is 14.2 Å². The van der Waals surface area contributed by atoms with Crippen LogP contribution in [-0.4, -0.2) is 14.2 Å². The minimum absolute atomic E-state index is 0.111. The zero-order chi connectivity index (χ0) is 15.4. The van der Waals surface area contributed by atoms with Crippen LogP contribution in [0.25, 0.3) is 0 Å². The molecule has 1 unspecified atom stereocenters. The molecule has 0 saturated heterocycles. The van der Waals surface area contributed by atoms with Gasteiger partial charge >= 0.3 is 0 Å². The van der Waals surface area contributed by atoms with Crippen molar-refractivity contribution >= 4 is 15.9 Å². The molecule has 2 aromatic rings. The molecule has 2 N–H and O–H groups in total. The lowest BCUT2D eigenvalue weighted by atomic mass is 9.96. The van der Waals surface area contributed by atoms with E-state index in [1.165, 1.54) is 11.1 Å². The highest BCUT2D eigenvalue weighted by atomic mass is 79.9. The molecule has 3 nitrogen and oxygen atoms in total. The Balaban J connectivity index is 2.31. The maximum absolute atomic E-state index is 6.39. The summed E-state index contributed by atoms with van der Waals surface area (Å²) in [6, 6.07) is 12.0. The number of aryl methyl sites for hydroxylation is 1. The summed E-state index contributed by atoms with van der Waals surface area (Å²) in [5, 5.41) is 0. The molecule has 0 saturated carbocycles. The highest BCUT2D eigenvalue weighted by Gasteiger charge is 2.16. The van der Waals surface area contributed by atoms with Crippen molar-refractivity contribution in [3.63, 3.8) is 0 Å². The number of hydrogen-bond acceptors (Lipinski definition) is 3. The van der Waals surface area contributed by atoms with Crippen molar-refractivity contribution < 1.29 is 9.47 Å². The zero-order valence-corrected chi connectivity index (χ0v) is 14.1. The summed E-state index contributed by atoms with van der Waals surface area (Å²) < 4.78 is 11.6. The first kappa shape index (κ1) is 15.9. The maximum Gasteiger partial charge on any atom is 0.161 e. The first-order chi connectivity index (χ1) is 10.1. The summed E-state index contributed by atoms with van der Waals surface area (Å²) in [4.78, 5) is 0. The van der Waals surface area contributed by atoms with E-state index in [4.69, 9.17) is 15.2 Å². The third-order valence-electron chi connectivity index (χ3n) is 3.60. The largest absolute Gasteiger partial charge is 0.493 e. The monoisotopic (exact) mass is 349 g/mol. The molecule has 0 aliphatic carbocycles. The van der Waals surface area contributed by atoms with E-state index in [1.54, 1.807) is 14.2 Å². The number of ether oxygens (including phenoxy) is 2. The Bertz CT molecular complexity index is 628. The minimum atomic E-state index is -0.111. The zero-order valence-electron chi connectivity index (χ0n) is 12.5. The van der Waals surface area contributed by atoms with Crippen LogP contribution in [0.1, 0.15) is 22.7 Å². The van der Waals surface area contributed by atoms with Crippen molar-refractivity contribution in [3.8, 4) is 11.5 Å². The van der Waals surface area contributed by atoms with Gasteiger partial charge in [0.2, 0.25) is 0 Å². The Morgan fingerprint density at radius 2 is 1.71 bits per heavy atom. The SMILES string of the molecule is COc1cc(Br)c(C(N)Cc2ccccc2C)cc1OC. The molecule has 4 heteroatoms. The average Bonchev–Trinajstić information content (AvgIpc) is 2.49. The van der Waals surface area contributed by atoms with Crippen LogP contribution < -0.4 is 15.2 Å². The standard InChI is InChI=1S/C17H20BrNO2/c1-11-6-4-5-7-12(11)8-15(19)13-9-16(20-2)17(21-3)10-14(13)18/h4-7,9-10,15H,8,19H2,1-3H3. The second kappa shape index (κ2) is 6.96. The fourth-order valence-corrected chi connectivity index (χ4v) is 2.96. The molecule has 0 amide bonds. The predicted octanol–water partition coefficient (Wildman–Crippen LogP) is 4.02. The van der Waals surface area contributed by atoms with Gasteiger partial charge in [0.1, 0.15) is 0 Å². The summed E-state index contributed by atoms with van der Waals surface area (Å²) in [5.41, 5.74) is 9.91. The Kier molecular flexibility index (Phi) is 5.26. The molecule has 112 valence electrons. The number of rotatable bonds is 5. The van der Waals surface area contributed by atoms with Gasteiger partial charge in [0, 0.05) is 10.5 Å². The lowest BCUT2D eigenvalue weighted by molar-refractivity contribution is 0.354. The topological polar surface area (TPSA) is 44.5 Å². The Morgan fingerprint density at radius 3 is 2.33 bits per heavy atom. The number of methoxy groups -OCH3 is 2. The second-order valence-electron chi connectivity index (χ2n) is 4.97. The van der Waals surface area contributed by atoms with E-state index < -0.39 is 0 Å². The van der Waals surface area contributed by atoms with E-state index in [0.717, 1.165) is 16.5 Å². The van der Waals surface area contributed by atoms with E-state index in [2.05, 4.69) is 35.0 Å². The predicted molar refractivity (Wildman–Crippen MR) is 89.1 cm³/mol. The van der Waals surface area contributed by atoms with Crippen LogP contribution in [0.15, 0.2) is 40.9 Å². The molecule has 0 aliphatic heterocycles. The second-order valence-corrected chi connectivity index (χ2v) is 5.82. The van der Waals surface area contributed by atoms with E-state index in [-0.39, 0.29) is 6.04 Å². The van der Waals surface area contributed by atoms with Crippen LogP contribution in [0.3, 0.4) is 0 Å². The number of hydrogen-bond donors (Lipinski definition) is 1. The van der Waals surface area contributed by atoms with Gasteiger partial charge in [0.25, 0.3) is 0 Å². The van der Waals surface area contributed by atoms with Crippen LogP contribution >= 0.6 is 15.9 Å². The molecule has 0 aliphatic rings. The Morgan fingerprint density at radius 1 is 1.10 bits per heavy atom. The first-order valence-corrected chi connectivity index (χ1v) is 7.57. The summed E-state index contributed by atoms with van der Waals surface area (Å²) >= 11 is 3.57. The maximum atomic E-state index is 6.39. The van der Waals surface area contributed by atoms with E-state index in [0.29, 0.717) is 11.5 Å². The Labute approximate surface area is 134 Å². The van der Waals surface area contributed by atoms with Gasteiger partial charge in [-0.15, -0.1) is 0 Å². The summed E-state index contributed by atoms with van der Waals surface area (Å²) in [6.45, 7) is 2.10. The molecular formula is C17H20BrNO2. The van der Waals surface area contributed by atoms with Crippen LogP contribution in [0, 0.1) is 6.92 Å². The smallest absolute Gasteiger partial charge is 0.161 e. The fraction of sp³-hybridized carbons (Fsp3) is 0.294. The van der Waals surface area contributed by atoms with Crippen LogP contribution in [-0.2, 0) is 6.42 Å². The van der Waals surface area contributed by atoms with Gasteiger partial charge in [0.15, 0.2) is 11.5 Å². The first-order valence-electron chi connectivity index (χ1n) is 6.78. The third-order valence-corrected chi connectivity index (χ3v) is 4.29. The molecular weight excluding hydrogens is 330 g/mol. The van der Waals surface area contributed by atoms with Crippen molar-refractivity contribution in [2.75, 3.05) is 14.2 Å². The Hall–Kier alpha value is -1.52. The van der Waals surface area contributed by atoms with Crippen LogP contribution in [0.5, 0.6) is 11.5 Å². The number of benzene rings is 2. The number of nitrogens with two attached hydrogens (primary N) is 1. The van der Waals surface area contributed by atoms with Crippen LogP contribution in [0.4, 0.5) is 0 Å². The molecule has 0 spiro atoms. The average molecular weight is 350 g/mol. The van der Waals surface area contributed by atoms with Gasteiger partial charge in [-0.05, 0) is 42.2 Å². The lowest BCUT2D eigenvalue weighted by Gasteiger charge is -2.18. The molecule has 2 rings (SSSR count). The summed E-state index contributed by atoms with van der Waals surface area (Å²) in [5.74, 6) is 1.38. The van der Waals surface area contributed by atoms with E-state index >= 15 is 0 Å². The third kappa shape index (κ3) is 3.57.